The van der Waals surface area contributed by atoms with Crippen LogP contribution in [0.3, 0.4) is 0 Å². The van der Waals surface area contributed by atoms with Gasteiger partial charge in [-0.05, 0) is 63.6 Å². The molecule has 9 nitrogen and oxygen atoms in total. The van der Waals surface area contributed by atoms with Crippen molar-refractivity contribution in [2.75, 3.05) is 13.7 Å². The first kappa shape index (κ1) is 25.0. The lowest BCUT2D eigenvalue weighted by Gasteiger charge is -2.30. The second kappa shape index (κ2) is 10.1. The average Bonchev–Trinajstić information content (AvgIpc) is 3.41. The summed E-state index contributed by atoms with van der Waals surface area (Å²) >= 11 is 0. The summed E-state index contributed by atoms with van der Waals surface area (Å²) in [7, 11) is 0.154. The van der Waals surface area contributed by atoms with Crippen LogP contribution in [0.5, 0.6) is 5.75 Å². The summed E-state index contributed by atoms with van der Waals surface area (Å²) in [5.74, 6) is 1.26. The standard InChI is InChI=1S/C23H38N6O3Si/c1-23(2,3)28(15-14-27-17-22(24-25-27)33(5,6)7)29(30)26-32-21-13-10-19(16-21)18-8-11-20(31-4)12-9-18/h8-9,11-12,17,19,21H,10,13-16H2,1-7H3/b29-26-/t19-,21+/m1/s1. The number of nitrogens with zero attached hydrogens (tertiary/aromatic N) is 6. The first-order chi connectivity index (χ1) is 15.5. The van der Waals surface area contributed by atoms with E-state index in [1.54, 1.807) is 16.8 Å². The Morgan fingerprint density at radius 1 is 1.21 bits per heavy atom. The number of methoxy groups -OCH3 is 1. The molecule has 2 atom stereocenters. The van der Waals surface area contributed by atoms with Crippen LogP contribution in [-0.2, 0) is 11.4 Å². The molecule has 0 unspecified atom stereocenters. The van der Waals surface area contributed by atoms with Gasteiger partial charge in [-0.25, -0.2) is 0 Å². The van der Waals surface area contributed by atoms with E-state index in [1.807, 2.05) is 39.1 Å². The fourth-order valence-electron chi connectivity index (χ4n) is 3.99. The molecule has 1 saturated carbocycles. The highest BCUT2D eigenvalue weighted by molar-refractivity contribution is 6.88. The van der Waals surface area contributed by atoms with Crippen LogP contribution in [0.25, 0.3) is 0 Å². The quantitative estimate of drug-likeness (QED) is 0.235. The Balaban J connectivity index is 1.58. The van der Waals surface area contributed by atoms with Crippen LogP contribution in [0.2, 0.25) is 19.6 Å². The molecule has 182 valence electrons. The van der Waals surface area contributed by atoms with E-state index < -0.39 is 13.6 Å². The van der Waals surface area contributed by atoms with Crippen LogP contribution in [-0.4, -0.2) is 58.3 Å². The number of hydrogen-bond acceptors (Lipinski definition) is 6. The van der Waals surface area contributed by atoms with Crippen molar-refractivity contribution in [1.82, 2.24) is 20.0 Å². The second-order valence-corrected chi connectivity index (χ2v) is 15.8. The molecular weight excluding hydrogens is 436 g/mol. The summed E-state index contributed by atoms with van der Waals surface area (Å²) in [4.78, 5) is 6.28. The van der Waals surface area contributed by atoms with Gasteiger partial charge in [0.15, 0.2) is 0 Å². The summed E-state index contributed by atoms with van der Waals surface area (Å²) in [6, 6.07) is 8.16. The summed E-state index contributed by atoms with van der Waals surface area (Å²) < 4.78 is 7.04. The van der Waals surface area contributed by atoms with Gasteiger partial charge in [-0.15, -0.1) is 10.1 Å². The van der Waals surface area contributed by atoms with E-state index in [4.69, 9.17) is 9.57 Å². The maximum Gasteiger partial charge on any atom is 0.233 e. The van der Waals surface area contributed by atoms with Crippen LogP contribution < -0.4 is 10.1 Å². The van der Waals surface area contributed by atoms with Crippen molar-refractivity contribution in [3.63, 3.8) is 0 Å². The predicted octanol–water partition coefficient (Wildman–Crippen LogP) is 4.08. The number of rotatable bonds is 9. The third-order valence-electron chi connectivity index (χ3n) is 6.07. The number of hydrogen-bond donors (Lipinski definition) is 0. The monoisotopic (exact) mass is 474 g/mol. The van der Waals surface area contributed by atoms with Gasteiger partial charge in [0.25, 0.3) is 0 Å². The highest BCUT2D eigenvalue weighted by atomic mass is 28.3. The molecule has 0 saturated heterocycles. The number of ether oxygens (including phenoxy) is 1. The Morgan fingerprint density at radius 3 is 2.48 bits per heavy atom. The van der Waals surface area contributed by atoms with Gasteiger partial charge >= 0.3 is 0 Å². The molecule has 1 heterocycles. The highest BCUT2D eigenvalue weighted by Crippen LogP contribution is 2.36. The van der Waals surface area contributed by atoms with Crippen molar-refractivity contribution in [3.8, 4) is 5.75 Å². The van der Waals surface area contributed by atoms with Crippen LogP contribution in [0, 0.1) is 5.21 Å². The summed E-state index contributed by atoms with van der Waals surface area (Å²) in [6.07, 6.45) is 4.66. The topological polar surface area (TPSA) is 90.8 Å². The van der Waals surface area contributed by atoms with Gasteiger partial charge in [-0.1, -0.05) is 37.0 Å². The lowest BCUT2D eigenvalue weighted by molar-refractivity contribution is -0.726. The zero-order chi connectivity index (χ0) is 24.2. The van der Waals surface area contributed by atoms with E-state index in [1.165, 1.54) is 5.56 Å². The van der Waals surface area contributed by atoms with Crippen molar-refractivity contribution in [2.24, 2.45) is 5.28 Å². The molecule has 0 aliphatic heterocycles. The lowest BCUT2D eigenvalue weighted by Crippen LogP contribution is -2.47. The third kappa shape index (κ3) is 6.69. The van der Waals surface area contributed by atoms with Gasteiger partial charge < -0.3 is 14.8 Å². The molecule has 2 aromatic rings. The molecule has 0 bridgehead atoms. The van der Waals surface area contributed by atoms with Crippen molar-refractivity contribution in [3.05, 3.63) is 41.2 Å². The summed E-state index contributed by atoms with van der Waals surface area (Å²) in [5.41, 5.74) is 0.848. The normalized spacial score (nSPS) is 19.5. The zero-order valence-corrected chi connectivity index (χ0v) is 22.0. The first-order valence-electron chi connectivity index (χ1n) is 11.6. The Morgan fingerprint density at radius 2 is 1.91 bits per heavy atom. The largest absolute Gasteiger partial charge is 0.569 e. The molecule has 1 fully saturated rings. The molecule has 1 aromatic heterocycles. The number of aromatic nitrogens is 3. The van der Waals surface area contributed by atoms with Gasteiger partial charge in [0, 0.05) is 6.20 Å². The molecule has 0 spiro atoms. The van der Waals surface area contributed by atoms with E-state index in [0.29, 0.717) is 24.0 Å². The maximum absolute atomic E-state index is 12.9. The number of benzene rings is 1. The fourth-order valence-corrected chi connectivity index (χ4v) is 4.87. The van der Waals surface area contributed by atoms with Crippen LogP contribution in [0.4, 0.5) is 0 Å². The van der Waals surface area contributed by atoms with Crippen LogP contribution in [0.15, 0.2) is 35.7 Å². The summed E-state index contributed by atoms with van der Waals surface area (Å²) in [6.45, 7) is 13.7. The molecule has 0 amide bonds. The van der Waals surface area contributed by atoms with Crippen LogP contribution in [0.1, 0.15) is 51.5 Å². The van der Waals surface area contributed by atoms with Crippen molar-refractivity contribution < 1.29 is 14.5 Å². The number of hydrazine groups is 1. The van der Waals surface area contributed by atoms with E-state index in [-0.39, 0.29) is 6.10 Å². The smallest absolute Gasteiger partial charge is 0.233 e. The SMILES string of the molecule is COc1ccc([C@@H]2CC[C@H](O/N=[N+](\[O-])N(CCn3cc([Si](C)(C)C)nn3)C(C)(C)C)C2)cc1. The second-order valence-electron chi connectivity index (χ2n) is 10.8. The molecule has 1 aromatic carbocycles. The molecular formula is C23H38N6O3Si. The molecule has 1 aliphatic rings. The van der Waals surface area contributed by atoms with Crippen molar-refractivity contribution >= 4 is 13.4 Å². The van der Waals surface area contributed by atoms with Gasteiger partial charge in [-0.3, -0.25) is 4.68 Å². The maximum atomic E-state index is 12.9. The zero-order valence-electron chi connectivity index (χ0n) is 21.0. The summed E-state index contributed by atoms with van der Waals surface area (Å²) in [5, 5.41) is 28.0. The van der Waals surface area contributed by atoms with Crippen molar-refractivity contribution in [1.29, 1.82) is 0 Å². The van der Waals surface area contributed by atoms with Gasteiger partial charge in [0.05, 0.1) is 36.0 Å². The van der Waals surface area contributed by atoms with E-state index in [2.05, 4.69) is 47.4 Å². The lowest BCUT2D eigenvalue weighted by atomic mass is 9.98. The molecule has 3 rings (SSSR count). The molecule has 0 radical (unpaired) electrons. The highest BCUT2D eigenvalue weighted by Gasteiger charge is 2.31. The Kier molecular flexibility index (Phi) is 7.66. The van der Waals surface area contributed by atoms with E-state index in [0.717, 1.165) is 30.3 Å². The minimum absolute atomic E-state index is 0.0648. The molecule has 33 heavy (non-hydrogen) atoms. The Labute approximate surface area is 197 Å². The predicted molar refractivity (Wildman–Crippen MR) is 130 cm³/mol. The fraction of sp³-hybridized carbons (Fsp3) is 0.652. The molecule has 0 N–H and O–H groups in total. The Bertz CT molecular complexity index is 933. The van der Waals surface area contributed by atoms with Gasteiger partial charge in [-0.2, -0.15) is 0 Å². The minimum Gasteiger partial charge on any atom is -0.569 e. The molecule has 10 heteroatoms. The van der Waals surface area contributed by atoms with Crippen LogP contribution >= 0.6 is 0 Å². The van der Waals surface area contributed by atoms with Crippen molar-refractivity contribution in [2.45, 2.75) is 83.8 Å². The van der Waals surface area contributed by atoms with E-state index in [9.17, 15) is 5.21 Å². The van der Waals surface area contributed by atoms with E-state index >= 15 is 0 Å². The molecule has 1 aliphatic carbocycles. The van der Waals surface area contributed by atoms with Gasteiger partial charge in [0.2, 0.25) is 5.28 Å². The third-order valence-corrected chi connectivity index (χ3v) is 7.83. The van der Waals surface area contributed by atoms with Gasteiger partial charge in [0.1, 0.15) is 19.9 Å². The average molecular weight is 475 g/mol. The Hall–Kier alpha value is -2.62. The first-order valence-corrected chi connectivity index (χ1v) is 15.1. The minimum atomic E-state index is -1.52.